The molecule has 0 unspecified atom stereocenters. The maximum absolute atomic E-state index is 13.6. The molecule has 0 aliphatic carbocycles. The van der Waals surface area contributed by atoms with Gasteiger partial charge in [-0.15, -0.1) is 0 Å². The van der Waals surface area contributed by atoms with E-state index in [0.29, 0.717) is 35.7 Å². The maximum atomic E-state index is 13.6. The number of aromatic nitrogens is 2. The van der Waals surface area contributed by atoms with Gasteiger partial charge in [0.2, 0.25) is 0 Å². The van der Waals surface area contributed by atoms with Gasteiger partial charge < -0.3 is 9.72 Å². The first kappa shape index (κ1) is 12.4. The Labute approximate surface area is 115 Å². The molecule has 0 saturated heterocycles. The molecular weight excluding hydrogens is 263 g/mol. The van der Waals surface area contributed by atoms with E-state index in [1.807, 2.05) is 6.07 Å². The highest BCUT2D eigenvalue weighted by atomic mass is 32.1. The second-order valence-electron chi connectivity index (χ2n) is 4.52. The lowest BCUT2D eigenvalue weighted by atomic mass is 10.1. The number of halogens is 1. The third kappa shape index (κ3) is 2.57. The lowest BCUT2D eigenvalue weighted by Crippen LogP contribution is -2.15. The van der Waals surface area contributed by atoms with Crippen LogP contribution in [-0.2, 0) is 24.2 Å². The second kappa shape index (κ2) is 5.19. The Morgan fingerprint density at radius 3 is 3.05 bits per heavy atom. The van der Waals surface area contributed by atoms with Gasteiger partial charge in [-0.3, -0.25) is 0 Å². The summed E-state index contributed by atoms with van der Waals surface area (Å²) < 4.78 is 19.5. The first-order valence-electron chi connectivity index (χ1n) is 6.16. The van der Waals surface area contributed by atoms with Crippen molar-refractivity contribution in [1.82, 2.24) is 9.97 Å². The number of hydrogen-bond acceptors (Lipinski definition) is 3. The van der Waals surface area contributed by atoms with Crippen molar-refractivity contribution in [2.45, 2.75) is 19.4 Å². The summed E-state index contributed by atoms with van der Waals surface area (Å²) in [6.45, 7) is 1.19. The molecule has 0 saturated carbocycles. The van der Waals surface area contributed by atoms with Crippen LogP contribution in [0.4, 0.5) is 4.39 Å². The van der Waals surface area contributed by atoms with Crippen molar-refractivity contribution in [3.63, 3.8) is 0 Å². The van der Waals surface area contributed by atoms with Gasteiger partial charge in [0.05, 0.1) is 13.2 Å². The Bertz CT molecular complexity index is 669. The summed E-state index contributed by atoms with van der Waals surface area (Å²) >= 11 is 5.27. The number of aromatic amines is 1. The van der Waals surface area contributed by atoms with Crippen LogP contribution < -0.4 is 0 Å². The molecule has 0 bridgehead atoms. The van der Waals surface area contributed by atoms with Crippen molar-refractivity contribution in [2.75, 3.05) is 6.61 Å². The highest BCUT2D eigenvalue weighted by Crippen LogP contribution is 2.17. The fourth-order valence-electron chi connectivity index (χ4n) is 2.21. The van der Waals surface area contributed by atoms with Crippen molar-refractivity contribution >= 4 is 12.2 Å². The Hall–Kier alpha value is -1.59. The number of hydrogen-bond donors (Lipinski definition) is 1. The third-order valence-electron chi connectivity index (χ3n) is 3.21. The molecule has 2 aromatic rings. The summed E-state index contributed by atoms with van der Waals surface area (Å²) in [5.41, 5.74) is 2.64. The van der Waals surface area contributed by atoms with Gasteiger partial charge in [-0.25, -0.2) is 9.37 Å². The van der Waals surface area contributed by atoms with E-state index >= 15 is 0 Å². The lowest BCUT2D eigenvalue weighted by molar-refractivity contribution is 0.108. The van der Waals surface area contributed by atoms with Gasteiger partial charge in [0, 0.05) is 24.1 Å². The van der Waals surface area contributed by atoms with Gasteiger partial charge in [-0.05, 0) is 11.6 Å². The van der Waals surface area contributed by atoms with E-state index in [-0.39, 0.29) is 5.82 Å². The molecule has 0 fully saturated rings. The van der Waals surface area contributed by atoms with Gasteiger partial charge in [0.25, 0.3) is 0 Å². The van der Waals surface area contributed by atoms with Crippen molar-refractivity contribution in [1.29, 1.82) is 0 Å². The number of ether oxygens (including phenoxy) is 1. The molecule has 1 N–H and O–H groups in total. The van der Waals surface area contributed by atoms with Crippen LogP contribution in [0.25, 0.3) is 0 Å². The van der Waals surface area contributed by atoms with Crippen LogP contribution in [-0.4, -0.2) is 16.6 Å². The Morgan fingerprint density at radius 2 is 2.21 bits per heavy atom. The van der Waals surface area contributed by atoms with E-state index in [9.17, 15) is 4.39 Å². The minimum atomic E-state index is -0.218. The van der Waals surface area contributed by atoms with Crippen LogP contribution >= 0.6 is 12.2 Å². The van der Waals surface area contributed by atoms with Crippen molar-refractivity contribution in [3.05, 3.63) is 57.4 Å². The molecule has 2 heterocycles. The van der Waals surface area contributed by atoms with Crippen LogP contribution in [0.15, 0.2) is 24.3 Å². The minimum Gasteiger partial charge on any atom is -0.376 e. The van der Waals surface area contributed by atoms with Crippen molar-refractivity contribution in [2.24, 2.45) is 0 Å². The summed E-state index contributed by atoms with van der Waals surface area (Å²) in [5.74, 6) is 0.487. The molecule has 19 heavy (non-hydrogen) atoms. The number of H-pyrrole nitrogens is 1. The van der Waals surface area contributed by atoms with E-state index in [0.717, 1.165) is 17.7 Å². The van der Waals surface area contributed by atoms with Crippen molar-refractivity contribution in [3.8, 4) is 0 Å². The molecular formula is C14H13FN2OS. The monoisotopic (exact) mass is 276 g/mol. The van der Waals surface area contributed by atoms with Gasteiger partial charge in [-0.1, -0.05) is 30.4 Å². The van der Waals surface area contributed by atoms with Gasteiger partial charge >= 0.3 is 0 Å². The first-order chi connectivity index (χ1) is 9.24. The first-order valence-corrected chi connectivity index (χ1v) is 6.57. The number of fused-ring (bicyclic) bond motifs is 1. The molecule has 1 aromatic heterocycles. The van der Waals surface area contributed by atoms with E-state index in [4.69, 9.17) is 17.0 Å². The van der Waals surface area contributed by atoms with Crippen LogP contribution in [0.3, 0.4) is 0 Å². The molecule has 1 aromatic carbocycles. The van der Waals surface area contributed by atoms with Crippen LogP contribution in [0.2, 0.25) is 0 Å². The standard InChI is InChI=1S/C14H13FN2OS/c15-11-4-2-1-3-9(11)7-13-16-12-5-6-18-8-10(12)14(19)17-13/h1-4H,5-8H2,(H,16,17,19). The molecule has 98 valence electrons. The van der Waals surface area contributed by atoms with Gasteiger partial charge in [-0.2, -0.15) is 0 Å². The molecule has 0 radical (unpaired) electrons. The smallest absolute Gasteiger partial charge is 0.135 e. The summed E-state index contributed by atoms with van der Waals surface area (Å²) in [6.07, 6.45) is 1.22. The third-order valence-corrected chi connectivity index (χ3v) is 3.55. The average molecular weight is 276 g/mol. The number of benzene rings is 1. The predicted molar refractivity (Wildman–Crippen MR) is 72.0 cm³/mol. The van der Waals surface area contributed by atoms with Crippen LogP contribution in [0.5, 0.6) is 0 Å². The Balaban J connectivity index is 1.96. The quantitative estimate of drug-likeness (QED) is 0.857. The zero-order valence-corrected chi connectivity index (χ0v) is 11.1. The van der Waals surface area contributed by atoms with E-state index in [1.165, 1.54) is 6.07 Å². The fraction of sp³-hybridized carbons (Fsp3) is 0.286. The van der Waals surface area contributed by atoms with Crippen LogP contribution in [0.1, 0.15) is 22.6 Å². The zero-order valence-electron chi connectivity index (χ0n) is 10.3. The van der Waals surface area contributed by atoms with E-state index in [1.54, 1.807) is 12.1 Å². The van der Waals surface area contributed by atoms with Gasteiger partial charge in [0.15, 0.2) is 0 Å². The summed E-state index contributed by atoms with van der Waals surface area (Å²) in [4.78, 5) is 7.59. The molecule has 1 aliphatic rings. The largest absolute Gasteiger partial charge is 0.376 e. The van der Waals surface area contributed by atoms with E-state index < -0.39 is 0 Å². The normalized spacial score (nSPS) is 14.2. The molecule has 1 aliphatic heterocycles. The average Bonchev–Trinajstić information content (AvgIpc) is 2.42. The van der Waals surface area contributed by atoms with E-state index in [2.05, 4.69) is 9.97 Å². The number of nitrogens with zero attached hydrogens (tertiary/aromatic N) is 1. The number of rotatable bonds is 2. The maximum Gasteiger partial charge on any atom is 0.135 e. The Kier molecular flexibility index (Phi) is 3.40. The lowest BCUT2D eigenvalue weighted by Gasteiger charge is -2.17. The molecule has 0 atom stereocenters. The highest BCUT2D eigenvalue weighted by Gasteiger charge is 2.14. The summed E-state index contributed by atoms with van der Waals surface area (Å²) in [6, 6.07) is 6.71. The Morgan fingerprint density at radius 1 is 1.37 bits per heavy atom. The zero-order chi connectivity index (χ0) is 13.2. The molecule has 0 spiro atoms. The number of nitrogens with one attached hydrogen (secondary N) is 1. The predicted octanol–water partition coefficient (Wildman–Crippen LogP) is 2.94. The van der Waals surface area contributed by atoms with Crippen LogP contribution in [0, 0.1) is 10.5 Å². The topological polar surface area (TPSA) is 37.9 Å². The summed E-state index contributed by atoms with van der Waals surface area (Å²) in [7, 11) is 0. The molecule has 5 heteroatoms. The van der Waals surface area contributed by atoms with Gasteiger partial charge in [0.1, 0.15) is 16.3 Å². The molecule has 0 amide bonds. The molecule has 3 nitrogen and oxygen atoms in total. The minimum absolute atomic E-state index is 0.218. The SMILES string of the molecule is Fc1ccccc1Cc1nc(=S)c2c([nH]1)CCOC2. The van der Waals surface area contributed by atoms with Crippen molar-refractivity contribution < 1.29 is 9.13 Å². The summed E-state index contributed by atoms with van der Waals surface area (Å²) in [5, 5.41) is 0. The molecule has 3 rings (SSSR count). The second-order valence-corrected chi connectivity index (χ2v) is 4.90. The fourth-order valence-corrected chi connectivity index (χ4v) is 2.51. The highest BCUT2D eigenvalue weighted by molar-refractivity contribution is 7.71.